The van der Waals surface area contributed by atoms with Gasteiger partial charge in [0.25, 0.3) is 5.56 Å². The van der Waals surface area contributed by atoms with Crippen molar-refractivity contribution in [2.45, 2.75) is 6.92 Å². The lowest BCUT2D eigenvalue weighted by Crippen LogP contribution is -2.12. The van der Waals surface area contributed by atoms with Gasteiger partial charge < -0.3 is 5.32 Å². The number of nitrogens with one attached hydrogen (secondary N) is 2. The second-order valence-corrected chi connectivity index (χ2v) is 3.82. The van der Waals surface area contributed by atoms with E-state index in [9.17, 15) is 4.79 Å². The molecule has 0 fully saturated rings. The number of H-pyrrole nitrogens is 1. The highest BCUT2D eigenvalue weighted by molar-refractivity contribution is 6.30. The molecule has 1 heterocycles. The topological polar surface area (TPSA) is 57.8 Å². The highest BCUT2D eigenvalue weighted by atomic mass is 35.5. The molecule has 0 unspecified atom stereocenters. The highest BCUT2D eigenvalue weighted by Gasteiger charge is 1.99. The molecule has 0 radical (unpaired) electrons. The number of aromatic nitrogens is 2. The Morgan fingerprint density at radius 3 is 2.94 bits per heavy atom. The lowest BCUT2D eigenvalue weighted by atomic mass is 10.3. The minimum absolute atomic E-state index is 0.153. The fourth-order valence-corrected chi connectivity index (χ4v) is 1.42. The number of hydrogen-bond acceptors (Lipinski definition) is 3. The van der Waals surface area contributed by atoms with Crippen LogP contribution in [0.3, 0.4) is 0 Å². The van der Waals surface area contributed by atoms with Gasteiger partial charge in [-0.1, -0.05) is 17.7 Å². The molecule has 1 aromatic heterocycles. The van der Waals surface area contributed by atoms with E-state index in [2.05, 4.69) is 15.3 Å². The van der Waals surface area contributed by atoms with Gasteiger partial charge in [-0.2, -0.15) is 0 Å². The summed E-state index contributed by atoms with van der Waals surface area (Å²) < 4.78 is 0. The Morgan fingerprint density at radius 2 is 2.25 bits per heavy atom. The number of halogens is 1. The molecule has 16 heavy (non-hydrogen) atoms. The van der Waals surface area contributed by atoms with Crippen LogP contribution in [0.4, 0.5) is 11.6 Å². The first kappa shape index (κ1) is 10.7. The Hall–Kier alpha value is -1.81. The maximum Gasteiger partial charge on any atom is 0.255 e. The molecule has 2 aromatic rings. The van der Waals surface area contributed by atoms with Crippen LogP contribution in [0.15, 0.2) is 35.3 Å². The molecule has 0 saturated heterocycles. The Labute approximate surface area is 97.3 Å². The molecule has 4 nitrogen and oxygen atoms in total. The van der Waals surface area contributed by atoms with Gasteiger partial charge in [0.2, 0.25) is 5.95 Å². The number of benzene rings is 1. The Bertz CT molecular complexity index is 565. The van der Waals surface area contributed by atoms with E-state index in [0.717, 1.165) is 5.69 Å². The third-order valence-electron chi connectivity index (χ3n) is 2.06. The second-order valence-electron chi connectivity index (χ2n) is 3.38. The van der Waals surface area contributed by atoms with Crippen molar-refractivity contribution in [2.24, 2.45) is 0 Å². The van der Waals surface area contributed by atoms with E-state index in [1.54, 1.807) is 19.1 Å². The zero-order chi connectivity index (χ0) is 11.5. The van der Waals surface area contributed by atoms with Gasteiger partial charge >= 0.3 is 0 Å². The fraction of sp³-hybridized carbons (Fsp3) is 0.0909. The minimum Gasteiger partial charge on any atom is -0.326 e. The minimum atomic E-state index is -0.153. The first-order valence-corrected chi connectivity index (χ1v) is 5.11. The van der Waals surface area contributed by atoms with E-state index in [0.29, 0.717) is 16.5 Å². The predicted molar refractivity (Wildman–Crippen MR) is 64.3 cm³/mol. The smallest absolute Gasteiger partial charge is 0.255 e. The second kappa shape index (κ2) is 4.37. The predicted octanol–water partition coefficient (Wildman–Crippen LogP) is 2.48. The molecular weight excluding hydrogens is 226 g/mol. The number of anilines is 2. The monoisotopic (exact) mass is 235 g/mol. The largest absolute Gasteiger partial charge is 0.326 e. The first-order chi connectivity index (χ1) is 7.65. The zero-order valence-corrected chi connectivity index (χ0v) is 9.38. The van der Waals surface area contributed by atoms with Crippen molar-refractivity contribution in [3.05, 3.63) is 51.4 Å². The molecule has 0 aliphatic rings. The van der Waals surface area contributed by atoms with Gasteiger partial charge in [-0.3, -0.25) is 9.78 Å². The van der Waals surface area contributed by atoms with E-state index >= 15 is 0 Å². The Balaban J connectivity index is 2.27. The van der Waals surface area contributed by atoms with E-state index < -0.39 is 0 Å². The molecule has 2 N–H and O–H groups in total. The van der Waals surface area contributed by atoms with Gasteiger partial charge in [0, 0.05) is 22.5 Å². The molecule has 0 spiro atoms. The fourth-order valence-electron chi connectivity index (χ4n) is 1.22. The van der Waals surface area contributed by atoms with Crippen LogP contribution in [0.2, 0.25) is 5.02 Å². The summed E-state index contributed by atoms with van der Waals surface area (Å²) in [6, 6.07) is 7.18. The van der Waals surface area contributed by atoms with Crippen LogP contribution in [0.25, 0.3) is 0 Å². The first-order valence-electron chi connectivity index (χ1n) is 4.73. The summed E-state index contributed by atoms with van der Waals surface area (Å²) in [5, 5.41) is 3.59. The van der Waals surface area contributed by atoms with Gasteiger partial charge in [-0.25, -0.2) is 4.98 Å². The van der Waals surface area contributed by atoms with Crippen LogP contribution in [-0.2, 0) is 0 Å². The lowest BCUT2D eigenvalue weighted by Gasteiger charge is -2.05. The maximum atomic E-state index is 11.3. The molecule has 0 atom stereocenters. The van der Waals surface area contributed by atoms with Crippen LogP contribution in [0.1, 0.15) is 5.56 Å². The summed E-state index contributed by atoms with van der Waals surface area (Å²) in [5.74, 6) is 0.401. The van der Waals surface area contributed by atoms with Crippen molar-refractivity contribution >= 4 is 23.2 Å². The highest BCUT2D eigenvalue weighted by Crippen LogP contribution is 2.17. The summed E-state index contributed by atoms with van der Waals surface area (Å²) >= 11 is 5.84. The van der Waals surface area contributed by atoms with Gasteiger partial charge in [0.15, 0.2) is 0 Å². The molecule has 0 saturated carbocycles. The number of hydrogen-bond donors (Lipinski definition) is 2. The van der Waals surface area contributed by atoms with Crippen LogP contribution >= 0.6 is 11.6 Å². The molecule has 1 aromatic carbocycles. The van der Waals surface area contributed by atoms with Crippen molar-refractivity contribution in [2.75, 3.05) is 5.32 Å². The maximum absolute atomic E-state index is 11.3. The number of nitrogens with zero attached hydrogens (tertiary/aromatic N) is 1. The van der Waals surface area contributed by atoms with Gasteiger partial charge in [-0.05, 0) is 25.1 Å². The molecular formula is C11H10ClN3O. The molecule has 0 amide bonds. The summed E-state index contributed by atoms with van der Waals surface area (Å²) in [6.07, 6.45) is 1.52. The third-order valence-corrected chi connectivity index (χ3v) is 2.30. The van der Waals surface area contributed by atoms with E-state index in [-0.39, 0.29) is 5.56 Å². The average Bonchev–Trinajstić information content (AvgIpc) is 2.24. The van der Waals surface area contributed by atoms with Crippen molar-refractivity contribution in [1.29, 1.82) is 0 Å². The number of aryl methyl sites for hydroxylation is 1. The van der Waals surface area contributed by atoms with E-state index in [4.69, 9.17) is 11.6 Å². The molecule has 2 rings (SSSR count). The quantitative estimate of drug-likeness (QED) is 0.841. The van der Waals surface area contributed by atoms with Gasteiger partial charge in [0.05, 0.1) is 0 Å². The van der Waals surface area contributed by atoms with Crippen LogP contribution in [-0.4, -0.2) is 9.97 Å². The van der Waals surface area contributed by atoms with Crippen LogP contribution in [0.5, 0.6) is 0 Å². The normalized spacial score (nSPS) is 10.1. The lowest BCUT2D eigenvalue weighted by molar-refractivity contribution is 1.08. The van der Waals surface area contributed by atoms with Crippen molar-refractivity contribution in [3.8, 4) is 0 Å². The Kier molecular flexibility index (Phi) is 2.92. The molecule has 0 aliphatic heterocycles. The van der Waals surface area contributed by atoms with Crippen LogP contribution in [0, 0.1) is 6.92 Å². The molecule has 82 valence electrons. The molecule has 5 heteroatoms. The SMILES string of the molecule is Cc1cnc(Nc2cccc(Cl)c2)[nH]c1=O. The molecule has 0 aliphatic carbocycles. The summed E-state index contributed by atoms with van der Waals surface area (Å²) in [5.41, 5.74) is 1.20. The zero-order valence-electron chi connectivity index (χ0n) is 8.62. The Morgan fingerprint density at radius 1 is 1.44 bits per heavy atom. The summed E-state index contributed by atoms with van der Waals surface area (Å²) in [6.45, 7) is 1.70. The van der Waals surface area contributed by atoms with E-state index in [1.807, 2.05) is 12.1 Å². The van der Waals surface area contributed by atoms with Gasteiger partial charge in [0.1, 0.15) is 0 Å². The van der Waals surface area contributed by atoms with Crippen LogP contribution < -0.4 is 10.9 Å². The van der Waals surface area contributed by atoms with E-state index in [1.165, 1.54) is 6.20 Å². The average molecular weight is 236 g/mol. The standard InChI is InChI=1S/C11H10ClN3O/c1-7-6-13-11(15-10(7)16)14-9-4-2-3-8(12)5-9/h2-6H,1H3,(H2,13,14,15,16). The van der Waals surface area contributed by atoms with Crippen molar-refractivity contribution < 1.29 is 0 Å². The molecule has 0 bridgehead atoms. The third kappa shape index (κ3) is 2.41. The number of rotatable bonds is 2. The summed E-state index contributed by atoms with van der Waals surface area (Å²) in [4.78, 5) is 18.0. The number of aromatic amines is 1. The van der Waals surface area contributed by atoms with Crippen molar-refractivity contribution in [3.63, 3.8) is 0 Å². The summed E-state index contributed by atoms with van der Waals surface area (Å²) in [7, 11) is 0. The van der Waals surface area contributed by atoms with Gasteiger partial charge in [-0.15, -0.1) is 0 Å². The van der Waals surface area contributed by atoms with Crippen molar-refractivity contribution in [1.82, 2.24) is 9.97 Å².